The van der Waals surface area contributed by atoms with E-state index in [0.29, 0.717) is 5.92 Å². The summed E-state index contributed by atoms with van der Waals surface area (Å²) in [5, 5.41) is 8.19. The van der Waals surface area contributed by atoms with E-state index in [1.54, 1.807) is 4.68 Å². The summed E-state index contributed by atoms with van der Waals surface area (Å²) in [4.78, 5) is 0. The fourth-order valence-electron chi connectivity index (χ4n) is 3.75. The summed E-state index contributed by atoms with van der Waals surface area (Å²) in [6, 6.07) is 3.37. The maximum Gasteiger partial charge on any atom is 0.416 e. The van der Waals surface area contributed by atoms with E-state index < -0.39 is 11.7 Å². The topological polar surface area (TPSA) is 29.9 Å². The minimum absolute atomic E-state index is 0.264. The minimum Gasteiger partial charge on any atom is -0.369 e. The summed E-state index contributed by atoms with van der Waals surface area (Å²) < 4.78 is 40.7. The Labute approximate surface area is 142 Å². The number of aromatic nitrogens is 2. The van der Waals surface area contributed by atoms with Gasteiger partial charge in [-0.2, -0.15) is 18.3 Å². The van der Waals surface area contributed by atoms with Crippen LogP contribution in [0.15, 0.2) is 18.2 Å². The number of halogens is 4. The molecule has 24 heavy (non-hydrogen) atoms. The molecule has 1 aliphatic carbocycles. The van der Waals surface area contributed by atoms with Gasteiger partial charge < -0.3 is 5.32 Å². The zero-order valence-corrected chi connectivity index (χ0v) is 13.7. The van der Waals surface area contributed by atoms with Crippen LogP contribution in [0.2, 0.25) is 5.02 Å². The number of benzene rings is 1. The Morgan fingerprint density at radius 2 is 1.96 bits per heavy atom. The Kier molecular flexibility index (Phi) is 3.75. The van der Waals surface area contributed by atoms with Gasteiger partial charge in [0.1, 0.15) is 5.82 Å². The summed E-state index contributed by atoms with van der Waals surface area (Å²) in [6.07, 6.45) is 1.02. The Hall–Kier alpha value is -1.69. The number of rotatable bonds is 2. The molecule has 0 spiro atoms. The van der Waals surface area contributed by atoms with Gasteiger partial charge in [-0.25, -0.2) is 4.68 Å². The molecule has 2 aliphatic rings. The predicted molar refractivity (Wildman–Crippen MR) is 87.0 cm³/mol. The molecule has 0 saturated heterocycles. The van der Waals surface area contributed by atoms with E-state index in [4.69, 9.17) is 11.6 Å². The Morgan fingerprint density at radius 3 is 2.67 bits per heavy atom. The van der Waals surface area contributed by atoms with Crippen LogP contribution < -0.4 is 5.32 Å². The lowest BCUT2D eigenvalue weighted by Gasteiger charge is -2.12. The molecule has 3 nitrogen and oxygen atoms in total. The Morgan fingerprint density at radius 1 is 1.21 bits per heavy atom. The Bertz CT molecular complexity index is 776. The number of fused-ring (bicyclic) bond motifs is 1. The van der Waals surface area contributed by atoms with E-state index in [0.717, 1.165) is 55.0 Å². The van der Waals surface area contributed by atoms with Crippen molar-refractivity contribution in [3.05, 3.63) is 40.0 Å². The first-order chi connectivity index (χ1) is 11.4. The van der Waals surface area contributed by atoms with E-state index >= 15 is 0 Å². The zero-order chi connectivity index (χ0) is 16.9. The van der Waals surface area contributed by atoms with Crippen molar-refractivity contribution in [1.29, 1.82) is 0 Å². The summed E-state index contributed by atoms with van der Waals surface area (Å²) >= 11 is 6.20. The van der Waals surface area contributed by atoms with Gasteiger partial charge in [-0.3, -0.25) is 0 Å². The fourth-order valence-corrected chi connectivity index (χ4v) is 3.95. The van der Waals surface area contributed by atoms with Crippen LogP contribution in [0, 0.1) is 0 Å². The summed E-state index contributed by atoms with van der Waals surface area (Å²) in [6.45, 7) is 0.781. The fraction of sp³-hybridized carbons (Fsp3) is 0.471. The van der Waals surface area contributed by atoms with Crippen molar-refractivity contribution >= 4 is 17.4 Å². The third-order valence-corrected chi connectivity index (χ3v) is 5.25. The molecule has 1 N–H and O–H groups in total. The highest BCUT2D eigenvalue weighted by molar-refractivity contribution is 6.32. The van der Waals surface area contributed by atoms with Crippen molar-refractivity contribution in [2.75, 3.05) is 11.9 Å². The standard InChI is InChI=1S/C17H17ClF3N3/c18-13-6-5-11(17(19,20)21)9-14(13)24-16-12(7-8-22-16)15(23-24)10-3-1-2-4-10/h5-6,9-10,22H,1-4,7-8H2. The smallest absolute Gasteiger partial charge is 0.369 e. The molecule has 2 aromatic rings. The maximum atomic E-state index is 13.1. The van der Waals surface area contributed by atoms with E-state index in [1.165, 1.54) is 18.9 Å². The molecule has 1 aliphatic heterocycles. The van der Waals surface area contributed by atoms with E-state index in [-0.39, 0.29) is 10.7 Å². The number of nitrogens with zero attached hydrogens (tertiary/aromatic N) is 2. The molecule has 1 saturated carbocycles. The molecule has 0 amide bonds. The van der Waals surface area contributed by atoms with E-state index in [2.05, 4.69) is 10.4 Å². The van der Waals surface area contributed by atoms with Crippen LogP contribution in [-0.2, 0) is 12.6 Å². The van der Waals surface area contributed by atoms with Gasteiger partial charge in [0, 0.05) is 18.0 Å². The highest BCUT2D eigenvalue weighted by Crippen LogP contribution is 2.41. The maximum absolute atomic E-state index is 13.1. The van der Waals surface area contributed by atoms with E-state index in [9.17, 15) is 13.2 Å². The molecule has 128 valence electrons. The van der Waals surface area contributed by atoms with Crippen LogP contribution in [0.1, 0.15) is 48.4 Å². The molecule has 0 radical (unpaired) electrons. The first-order valence-electron chi connectivity index (χ1n) is 8.18. The third-order valence-electron chi connectivity index (χ3n) is 4.93. The SMILES string of the molecule is FC(F)(F)c1ccc(Cl)c(-n2nc(C3CCCC3)c3c2NCC3)c1. The molecule has 1 aromatic carbocycles. The first-order valence-corrected chi connectivity index (χ1v) is 8.56. The van der Waals surface area contributed by atoms with Gasteiger partial charge in [0.25, 0.3) is 0 Å². The molecule has 4 rings (SSSR count). The van der Waals surface area contributed by atoms with E-state index in [1.807, 2.05) is 0 Å². The second-order valence-electron chi connectivity index (χ2n) is 6.45. The van der Waals surface area contributed by atoms with Crippen molar-refractivity contribution in [2.24, 2.45) is 0 Å². The van der Waals surface area contributed by atoms with Crippen LogP contribution in [-0.4, -0.2) is 16.3 Å². The van der Waals surface area contributed by atoms with Crippen LogP contribution >= 0.6 is 11.6 Å². The highest BCUT2D eigenvalue weighted by Gasteiger charge is 2.33. The highest BCUT2D eigenvalue weighted by atomic mass is 35.5. The molecule has 2 heterocycles. The van der Waals surface area contributed by atoms with Crippen molar-refractivity contribution in [3.8, 4) is 5.69 Å². The van der Waals surface area contributed by atoms with Crippen molar-refractivity contribution in [3.63, 3.8) is 0 Å². The molecular formula is C17H17ClF3N3. The average Bonchev–Trinajstić information content (AvgIpc) is 3.24. The summed E-state index contributed by atoms with van der Waals surface area (Å²) in [5.74, 6) is 1.20. The molecule has 0 atom stereocenters. The van der Waals surface area contributed by atoms with Crippen LogP contribution in [0.4, 0.5) is 19.0 Å². The van der Waals surface area contributed by atoms with Crippen molar-refractivity contribution < 1.29 is 13.2 Å². The lowest BCUT2D eigenvalue weighted by Crippen LogP contribution is -2.09. The Balaban J connectivity index is 1.84. The zero-order valence-electron chi connectivity index (χ0n) is 13.0. The molecule has 0 unspecified atom stereocenters. The monoisotopic (exact) mass is 355 g/mol. The second kappa shape index (κ2) is 5.69. The van der Waals surface area contributed by atoms with Gasteiger partial charge in [-0.1, -0.05) is 24.4 Å². The van der Waals surface area contributed by atoms with Crippen LogP contribution in [0.25, 0.3) is 5.69 Å². The molecule has 1 aromatic heterocycles. The van der Waals surface area contributed by atoms with Crippen LogP contribution in [0.5, 0.6) is 0 Å². The normalized spacial score (nSPS) is 18.0. The average molecular weight is 356 g/mol. The molecule has 0 bridgehead atoms. The summed E-state index contributed by atoms with van der Waals surface area (Å²) in [5.41, 5.74) is 1.73. The quantitative estimate of drug-likeness (QED) is 0.805. The van der Waals surface area contributed by atoms with Crippen molar-refractivity contribution in [2.45, 2.75) is 44.2 Å². The molecule has 1 fully saturated rings. The first kappa shape index (κ1) is 15.8. The van der Waals surface area contributed by atoms with Gasteiger partial charge in [0.15, 0.2) is 0 Å². The van der Waals surface area contributed by atoms with Gasteiger partial charge >= 0.3 is 6.18 Å². The van der Waals surface area contributed by atoms with Gasteiger partial charge in [0.2, 0.25) is 0 Å². The predicted octanol–water partition coefficient (Wildman–Crippen LogP) is 5.17. The minimum atomic E-state index is -4.41. The number of hydrogen-bond acceptors (Lipinski definition) is 2. The summed E-state index contributed by atoms with van der Waals surface area (Å²) in [7, 11) is 0. The third kappa shape index (κ3) is 2.57. The number of hydrogen-bond donors (Lipinski definition) is 1. The largest absolute Gasteiger partial charge is 0.416 e. The van der Waals surface area contributed by atoms with Gasteiger partial charge in [-0.15, -0.1) is 0 Å². The lowest BCUT2D eigenvalue weighted by atomic mass is 9.99. The lowest BCUT2D eigenvalue weighted by molar-refractivity contribution is -0.137. The van der Waals surface area contributed by atoms with Gasteiger partial charge in [-0.05, 0) is 37.5 Å². The second-order valence-corrected chi connectivity index (χ2v) is 6.85. The number of anilines is 1. The number of nitrogens with one attached hydrogen (secondary N) is 1. The number of alkyl halides is 3. The molecule has 7 heteroatoms. The van der Waals surface area contributed by atoms with Gasteiger partial charge in [0.05, 0.1) is 22.0 Å². The van der Waals surface area contributed by atoms with Crippen LogP contribution in [0.3, 0.4) is 0 Å². The molecular weight excluding hydrogens is 339 g/mol. The van der Waals surface area contributed by atoms with Crippen molar-refractivity contribution in [1.82, 2.24) is 9.78 Å².